The Hall–Kier alpha value is -2.65. The van der Waals surface area contributed by atoms with Crippen LogP contribution in [-0.4, -0.2) is 34.4 Å². The Kier molecular flexibility index (Phi) is 9.57. The summed E-state index contributed by atoms with van der Waals surface area (Å²) in [6.07, 6.45) is 1.73. The summed E-state index contributed by atoms with van der Waals surface area (Å²) >= 11 is 0. The molecule has 0 fully saturated rings. The van der Waals surface area contributed by atoms with Crippen LogP contribution in [0.4, 0.5) is 8.78 Å². The lowest BCUT2D eigenvalue weighted by atomic mass is 10.0. The first-order valence-corrected chi connectivity index (χ1v) is 9.05. The lowest BCUT2D eigenvalue weighted by molar-refractivity contribution is 0.0814. The van der Waals surface area contributed by atoms with Crippen LogP contribution in [0.25, 0.3) is 5.32 Å². The summed E-state index contributed by atoms with van der Waals surface area (Å²) in [5.74, 6) is -0.136. The van der Waals surface area contributed by atoms with Crippen molar-refractivity contribution in [2.75, 3.05) is 6.61 Å². The van der Waals surface area contributed by atoms with Gasteiger partial charge in [-0.2, -0.15) is 0 Å². The van der Waals surface area contributed by atoms with Crippen molar-refractivity contribution < 1.29 is 18.3 Å². The number of nitrogens with zero attached hydrogens (tertiary/aromatic N) is 3. The molecule has 0 aliphatic carbocycles. The molecule has 1 heterocycles. The second-order valence-corrected chi connectivity index (χ2v) is 7.20. The zero-order valence-electron chi connectivity index (χ0n) is 17.1. The summed E-state index contributed by atoms with van der Waals surface area (Å²) in [6, 6.07) is 5.43. The van der Waals surface area contributed by atoms with E-state index in [2.05, 4.69) is 15.3 Å². The number of rotatable bonds is 7. The normalized spacial score (nSPS) is 12.1. The van der Waals surface area contributed by atoms with Crippen LogP contribution in [-0.2, 0) is 6.54 Å². The van der Waals surface area contributed by atoms with Gasteiger partial charge in [0.15, 0.2) is 0 Å². The minimum absolute atomic E-state index is 0.0180. The predicted octanol–water partition coefficient (Wildman–Crippen LogP) is 3.60. The molecule has 0 spiro atoms. The molecule has 2 aromatic rings. The number of carbonyl (C=O) groups excluding carboxylic acids is 1. The van der Waals surface area contributed by atoms with E-state index in [-0.39, 0.29) is 23.8 Å². The molecule has 0 aliphatic rings. The predicted molar refractivity (Wildman–Crippen MR) is 108 cm³/mol. The van der Waals surface area contributed by atoms with E-state index in [9.17, 15) is 13.6 Å². The fourth-order valence-electron chi connectivity index (χ4n) is 2.39. The van der Waals surface area contributed by atoms with E-state index in [1.54, 1.807) is 6.07 Å². The van der Waals surface area contributed by atoms with Crippen LogP contribution in [0.3, 0.4) is 0 Å². The second kappa shape index (κ2) is 11.4. The number of benzene rings is 1. The van der Waals surface area contributed by atoms with Gasteiger partial charge in [-0.25, -0.2) is 13.8 Å². The van der Waals surface area contributed by atoms with Gasteiger partial charge in [-0.1, -0.05) is 45.4 Å². The monoisotopic (exact) mass is 408 g/mol. The van der Waals surface area contributed by atoms with E-state index in [4.69, 9.17) is 16.2 Å². The van der Waals surface area contributed by atoms with E-state index in [0.29, 0.717) is 5.75 Å². The fraction of sp³-hybridized carbons (Fsp3) is 0.450. The SMILES string of the molecule is CC([N-]C(C)(C)C)c1ccc(OCC(F)F)c(CN)c1.NC(=O)c1cnccn1. The number of amides is 1. The topological polar surface area (TPSA) is 118 Å². The molecule has 1 aromatic carbocycles. The summed E-state index contributed by atoms with van der Waals surface area (Å²) in [5.41, 5.74) is 12.3. The number of primary amides is 1. The fourth-order valence-corrected chi connectivity index (χ4v) is 2.39. The molecule has 29 heavy (non-hydrogen) atoms. The van der Waals surface area contributed by atoms with E-state index >= 15 is 0 Å². The maximum absolute atomic E-state index is 12.2. The van der Waals surface area contributed by atoms with Gasteiger partial charge in [-0.15, -0.1) is 11.6 Å². The molecule has 1 unspecified atom stereocenters. The van der Waals surface area contributed by atoms with Crippen molar-refractivity contribution >= 4 is 5.91 Å². The highest BCUT2D eigenvalue weighted by Gasteiger charge is 2.10. The highest BCUT2D eigenvalue weighted by atomic mass is 19.3. The van der Waals surface area contributed by atoms with Crippen LogP contribution < -0.4 is 16.2 Å². The molecule has 4 N–H and O–H groups in total. The molecule has 0 aliphatic heterocycles. The molecule has 9 heteroatoms. The molecule has 160 valence electrons. The number of aromatic nitrogens is 2. The van der Waals surface area contributed by atoms with Crippen LogP contribution in [0.1, 0.15) is 55.4 Å². The van der Waals surface area contributed by atoms with Gasteiger partial charge in [-0.3, -0.25) is 9.78 Å². The summed E-state index contributed by atoms with van der Waals surface area (Å²) in [5, 5.41) is 4.66. The highest BCUT2D eigenvalue weighted by Crippen LogP contribution is 2.32. The maximum Gasteiger partial charge on any atom is 0.272 e. The van der Waals surface area contributed by atoms with Crippen molar-refractivity contribution in [1.82, 2.24) is 9.97 Å². The standard InChI is InChI=1S/C15H23F2N2O.C5H5N3O/c1-10(19-15(2,3)4)11-5-6-13(12(7-11)8-18)20-9-14(16)17;6-5(9)4-3-7-1-2-8-4/h5-7,10,14H,8-9,18H2,1-4H3;1-3H,(H2,6,9)/q-1;. The summed E-state index contributed by atoms with van der Waals surface area (Å²) in [6.45, 7) is 7.73. The number of hydrogen-bond donors (Lipinski definition) is 2. The van der Waals surface area contributed by atoms with Gasteiger partial charge in [0.1, 0.15) is 18.1 Å². The average molecular weight is 408 g/mol. The molecule has 0 radical (unpaired) electrons. The lowest BCUT2D eigenvalue weighted by Gasteiger charge is -2.42. The summed E-state index contributed by atoms with van der Waals surface area (Å²) in [7, 11) is 0. The highest BCUT2D eigenvalue weighted by molar-refractivity contribution is 5.90. The molecular formula is C20H28F2N5O2-. The van der Waals surface area contributed by atoms with Gasteiger partial charge in [-0.05, 0) is 6.07 Å². The first-order chi connectivity index (χ1) is 13.5. The van der Waals surface area contributed by atoms with Crippen LogP contribution >= 0.6 is 0 Å². The zero-order valence-corrected chi connectivity index (χ0v) is 17.1. The quantitative estimate of drug-likeness (QED) is 0.726. The third-order valence-electron chi connectivity index (χ3n) is 3.55. The molecule has 2 rings (SSSR count). The minimum Gasteiger partial charge on any atom is -0.651 e. The Morgan fingerprint density at radius 1 is 1.28 bits per heavy atom. The van der Waals surface area contributed by atoms with Crippen LogP contribution in [0.5, 0.6) is 5.75 Å². The number of ether oxygens (including phenoxy) is 1. The van der Waals surface area contributed by atoms with E-state index in [1.807, 2.05) is 39.8 Å². The van der Waals surface area contributed by atoms with Crippen molar-refractivity contribution in [3.05, 3.63) is 58.9 Å². The number of halogens is 2. The van der Waals surface area contributed by atoms with Gasteiger partial charge in [0.2, 0.25) is 0 Å². The van der Waals surface area contributed by atoms with Crippen LogP contribution in [0.2, 0.25) is 0 Å². The largest absolute Gasteiger partial charge is 0.651 e. The first kappa shape index (κ1) is 24.4. The van der Waals surface area contributed by atoms with Gasteiger partial charge in [0.25, 0.3) is 12.3 Å². The molecule has 1 aromatic heterocycles. The summed E-state index contributed by atoms with van der Waals surface area (Å²) < 4.78 is 29.4. The van der Waals surface area contributed by atoms with E-state index in [0.717, 1.165) is 11.1 Å². The number of nitrogens with two attached hydrogens (primary N) is 2. The van der Waals surface area contributed by atoms with Crippen molar-refractivity contribution in [3.63, 3.8) is 0 Å². The minimum atomic E-state index is -2.49. The maximum atomic E-state index is 12.2. The Morgan fingerprint density at radius 3 is 2.41 bits per heavy atom. The van der Waals surface area contributed by atoms with E-state index in [1.165, 1.54) is 18.6 Å². The molecule has 0 saturated heterocycles. The molecule has 7 nitrogen and oxygen atoms in total. The van der Waals surface area contributed by atoms with Crippen LogP contribution in [0, 0.1) is 0 Å². The first-order valence-electron chi connectivity index (χ1n) is 9.05. The number of hydrogen-bond acceptors (Lipinski definition) is 5. The third-order valence-corrected chi connectivity index (χ3v) is 3.55. The smallest absolute Gasteiger partial charge is 0.272 e. The van der Waals surface area contributed by atoms with Crippen molar-refractivity contribution in [2.45, 2.75) is 52.2 Å². The number of carbonyl (C=O) groups is 1. The van der Waals surface area contributed by atoms with Gasteiger partial charge in [0, 0.05) is 24.5 Å². The van der Waals surface area contributed by atoms with Crippen molar-refractivity contribution in [1.29, 1.82) is 0 Å². The van der Waals surface area contributed by atoms with Crippen molar-refractivity contribution in [3.8, 4) is 5.75 Å². The second-order valence-electron chi connectivity index (χ2n) is 7.20. The van der Waals surface area contributed by atoms with Gasteiger partial charge >= 0.3 is 0 Å². The molecular weight excluding hydrogens is 380 g/mol. The van der Waals surface area contributed by atoms with Crippen molar-refractivity contribution in [2.24, 2.45) is 11.5 Å². The summed E-state index contributed by atoms with van der Waals surface area (Å²) in [4.78, 5) is 17.6. The van der Waals surface area contributed by atoms with E-state index < -0.39 is 18.9 Å². The Bertz CT molecular complexity index is 767. The zero-order chi connectivity index (χ0) is 22.0. The Balaban J connectivity index is 0.000000387. The Labute approximate surface area is 169 Å². The molecule has 0 bridgehead atoms. The van der Waals surface area contributed by atoms with Gasteiger partial charge in [0.05, 0.1) is 6.20 Å². The van der Waals surface area contributed by atoms with Gasteiger partial charge < -0.3 is 21.5 Å². The van der Waals surface area contributed by atoms with Crippen LogP contribution in [0.15, 0.2) is 36.8 Å². The average Bonchev–Trinajstić information content (AvgIpc) is 2.66. The Morgan fingerprint density at radius 2 is 1.97 bits per heavy atom. The number of alkyl halides is 2. The third kappa shape index (κ3) is 9.40. The lowest BCUT2D eigenvalue weighted by Crippen LogP contribution is -2.15. The molecule has 1 atom stereocenters. The molecule has 1 amide bonds. The molecule has 0 saturated carbocycles.